The Balaban J connectivity index is 2.60. The van der Waals surface area contributed by atoms with E-state index in [-0.39, 0.29) is 17.9 Å². The van der Waals surface area contributed by atoms with Crippen molar-refractivity contribution in [3.63, 3.8) is 0 Å². The monoisotopic (exact) mass is 281 g/mol. The summed E-state index contributed by atoms with van der Waals surface area (Å²) in [5.74, 6) is -0.0417. The minimum Gasteiger partial charge on any atom is -0.337 e. The van der Waals surface area contributed by atoms with Gasteiger partial charge in [0.2, 0.25) is 5.91 Å². The average molecular weight is 281 g/mol. The molecule has 2 unspecified atom stereocenters. The van der Waals surface area contributed by atoms with E-state index in [2.05, 4.69) is 28.2 Å². The summed E-state index contributed by atoms with van der Waals surface area (Å²) in [6, 6.07) is 2.40. The van der Waals surface area contributed by atoms with Crippen molar-refractivity contribution in [2.75, 3.05) is 39.8 Å². The normalized spacial score (nSPS) is 24.1. The van der Waals surface area contributed by atoms with Crippen molar-refractivity contribution in [2.45, 2.75) is 32.4 Å². The molecule has 1 heterocycles. The van der Waals surface area contributed by atoms with Gasteiger partial charge in [-0.3, -0.25) is 9.69 Å². The van der Waals surface area contributed by atoms with Gasteiger partial charge in [0.15, 0.2) is 0 Å². The number of likely N-dealkylation sites (N-methyl/N-ethyl adjacent to an activating group) is 1. The second-order valence-electron chi connectivity index (χ2n) is 6.14. The Morgan fingerprint density at radius 2 is 2.20 bits per heavy atom. The number of nitrogens with two attached hydrogens (primary N) is 1. The zero-order chi connectivity index (χ0) is 15.3. The van der Waals surface area contributed by atoms with Crippen LogP contribution in [0.3, 0.4) is 0 Å². The van der Waals surface area contributed by atoms with Gasteiger partial charge in [-0.1, -0.05) is 13.8 Å². The molecule has 6 nitrogen and oxygen atoms in total. The average Bonchev–Trinajstić information content (AvgIpc) is 2.40. The van der Waals surface area contributed by atoms with E-state index in [0.717, 1.165) is 19.6 Å². The lowest BCUT2D eigenvalue weighted by Gasteiger charge is -2.39. The van der Waals surface area contributed by atoms with Gasteiger partial charge < -0.3 is 16.0 Å². The van der Waals surface area contributed by atoms with E-state index in [0.29, 0.717) is 13.1 Å². The van der Waals surface area contributed by atoms with Crippen LogP contribution in [-0.2, 0) is 4.79 Å². The van der Waals surface area contributed by atoms with Gasteiger partial charge in [0.25, 0.3) is 0 Å². The zero-order valence-electron chi connectivity index (χ0n) is 13.0. The quantitative estimate of drug-likeness (QED) is 0.717. The summed E-state index contributed by atoms with van der Waals surface area (Å²) in [4.78, 5) is 16.5. The van der Waals surface area contributed by atoms with Gasteiger partial charge in [-0.05, 0) is 19.9 Å². The molecule has 1 aliphatic heterocycles. The van der Waals surface area contributed by atoms with Crippen LogP contribution in [0.15, 0.2) is 0 Å². The van der Waals surface area contributed by atoms with Crippen LogP contribution >= 0.6 is 0 Å². The summed E-state index contributed by atoms with van der Waals surface area (Å²) in [5.41, 5.74) is 4.96. The van der Waals surface area contributed by atoms with Gasteiger partial charge in [-0.2, -0.15) is 5.26 Å². The minimum atomic E-state index is -0.818. The van der Waals surface area contributed by atoms with Crippen molar-refractivity contribution in [2.24, 2.45) is 11.7 Å². The molecule has 20 heavy (non-hydrogen) atoms. The topological polar surface area (TPSA) is 85.4 Å². The first-order valence-electron chi connectivity index (χ1n) is 7.17. The lowest BCUT2D eigenvalue weighted by atomic mass is 9.90. The molecule has 1 fully saturated rings. The largest absolute Gasteiger partial charge is 0.337 e. The molecule has 0 aliphatic carbocycles. The van der Waals surface area contributed by atoms with Crippen molar-refractivity contribution < 1.29 is 4.79 Å². The molecule has 0 saturated carbocycles. The van der Waals surface area contributed by atoms with E-state index in [1.165, 1.54) is 0 Å². The van der Waals surface area contributed by atoms with Crippen LogP contribution in [0.5, 0.6) is 0 Å². The first kappa shape index (κ1) is 16.9. The van der Waals surface area contributed by atoms with E-state index >= 15 is 0 Å². The molecule has 1 saturated heterocycles. The number of carbonyl (C=O) groups excluding carboxylic acids is 1. The van der Waals surface area contributed by atoms with Crippen LogP contribution in [0.25, 0.3) is 0 Å². The molecule has 114 valence electrons. The number of hydrogen-bond donors (Lipinski definition) is 2. The second kappa shape index (κ2) is 7.02. The van der Waals surface area contributed by atoms with Gasteiger partial charge in [0.05, 0.1) is 12.6 Å². The minimum absolute atomic E-state index is 0.0641. The summed E-state index contributed by atoms with van der Waals surface area (Å²) in [7, 11) is 2.06. The lowest BCUT2D eigenvalue weighted by molar-refractivity contribution is -0.125. The fourth-order valence-electron chi connectivity index (χ4n) is 2.30. The number of carbonyl (C=O) groups is 1. The SMILES string of the molecule is CC(C)C(C)(C#N)NC(=O)CN1CCN(C)CC1CN. The van der Waals surface area contributed by atoms with Gasteiger partial charge in [-0.25, -0.2) is 0 Å². The molecule has 2 atom stereocenters. The smallest absolute Gasteiger partial charge is 0.235 e. The first-order chi connectivity index (χ1) is 9.32. The number of piperazine rings is 1. The third-order valence-electron chi connectivity index (χ3n) is 4.21. The summed E-state index contributed by atoms with van der Waals surface area (Å²) >= 11 is 0. The van der Waals surface area contributed by atoms with Crippen molar-refractivity contribution in [1.29, 1.82) is 5.26 Å². The Kier molecular flexibility index (Phi) is 5.93. The van der Waals surface area contributed by atoms with Crippen LogP contribution in [0.4, 0.5) is 0 Å². The third-order valence-corrected chi connectivity index (χ3v) is 4.21. The zero-order valence-corrected chi connectivity index (χ0v) is 13.0. The molecule has 0 aromatic rings. The fourth-order valence-corrected chi connectivity index (χ4v) is 2.30. The van der Waals surface area contributed by atoms with Crippen LogP contribution in [0, 0.1) is 17.2 Å². The van der Waals surface area contributed by atoms with Gasteiger partial charge >= 0.3 is 0 Å². The van der Waals surface area contributed by atoms with Crippen molar-refractivity contribution in [1.82, 2.24) is 15.1 Å². The number of nitriles is 1. The van der Waals surface area contributed by atoms with Crippen LogP contribution in [-0.4, -0.2) is 67.1 Å². The molecular weight excluding hydrogens is 254 g/mol. The van der Waals surface area contributed by atoms with Crippen LogP contribution in [0.1, 0.15) is 20.8 Å². The van der Waals surface area contributed by atoms with E-state index < -0.39 is 5.54 Å². The summed E-state index contributed by atoms with van der Waals surface area (Å²) in [6.45, 7) is 9.12. The van der Waals surface area contributed by atoms with Gasteiger partial charge in [-0.15, -0.1) is 0 Å². The first-order valence-corrected chi connectivity index (χ1v) is 7.17. The maximum absolute atomic E-state index is 12.2. The van der Waals surface area contributed by atoms with Crippen LogP contribution in [0.2, 0.25) is 0 Å². The summed E-state index contributed by atoms with van der Waals surface area (Å²) < 4.78 is 0. The van der Waals surface area contributed by atoms with Gasteiger partial charge in [0, 0.05) is 32.2 Å². The van der Waals surface area contributed by atoms with Crippen molar-refractivity contribution in [3.8, 4) is 6.07 Å². The molecule has 6 heteroatoms. The van der Waals surface area contributed by atoms with E-state index in [9.17, 15) is 10.1 Å². The Morgan fingerprint density at radius 3 is 2.70 bits per heavy atom. The van der Waals surface area contributed by atoms with E-state index in [4.69, 9.17) is 5.73 Å². The van der Waals surface area contributed by atoms with E-state index in [1.807, 2.05) is 13.8 Å². The Morgan fingerprint density at radius 1 is 1.55 bits per heavy atom. The maximum Gasteiger partial charge on any atom is 0.235 e. The third kappa shape index (κ3) is 4.17. The standard InChI is InChI=1S/C14H27N5O/c1-11(2)14(3,10-16)17-13(20)9-19-6-5-18(4)8-12(19)7-15/h11-12H,5-9,15H2,1-4H3,(H,17,20). The highest BCUT2D eigenvalue weighted by Crippen LogP contribution is 2.15. The highest BCUT2D eigenvalue weighted by Gasteiger charge is 2.32. The molecule has 0 aromatic heterocycles. The fraction of sp³-hybridized carbons (Fsp3) is 0.857. The van der Waals surface area contributed by atoms with E-state index in [1.54, 1.807) is 6.92 Å². The number of rotatable bonds is 5. The lowest BCUT2D eigenvalue weighted by Crippen LogP contribution is -2.59. The number of nitrogens with one attached hydrogen (secondary N) is 1. The summed E-state index contributed by atoms with van der Waals surface area (Å²) in [5, 5.41) is 12.1. The molecule has 1 aliphatic rings. The molecule has 1 rings (SSSR count). The Labute approximate surface area is 121 Å². The molecule has 3 N–H and O–H groups in total. The van der Waals surface area contributed by atoms with Crippen LogP contribution < -0.4 is 11.1 Å². The van der Waals surface area contributed by atoms with Crippen molar-refractivity contribution in [3.05, 3.63) is 0 Å². The van der Waals surface area contributed by atoms with Gasteiger partial charge in [0.1, 0.15) is 5.54 Å². The predicted molar refractivity (Wildman–Crippen MR) is 78.9 cm³/mol. The molecular formula is C14H27N5O. The molecule has 1 amide bonds. The molecule has 0 bridgehead atoms. The number of amides is 1. The predicted octanol–water partition coefficient (Wildman–Crippen LogP) is -0.384. The highest BCUT2D eigenvalue weighted by atomic mass is 16.2. The highest BCUT2D eigenvalue weighted by molar-refractivity contribution is 5.79. The molecule has 0 aromatic carbocycles. The Bertz CT molecular complexity index is 378. The summed E-state index contributed by atoms with van der Waals surface area (Å²) in [6.07, 6.45) is 0. The number of nitrogens with zero attached hydrogens (tertiary/aromatic N) is 3. The molecule has 0 spiro atoms. The van der Waals surface area contributed by atoms with Crippen molar-refractivity contribution >= 4 is 5.91 Å². The Hall–Kier alpha value is -1.16. The maximum atomic E-state index is 12.2. The second-order valence-corrected chi connectivity index (χ2v) is 6.14. The number of hydrogen-bond acceptors (Lipinski definition) is 5. The molecule has 0 radical (unpaired) electrons.